The molecule has 5 heteroatoms. The summed E-state index contributed by atoms with van der Waals surface area (Å²) in [6.07, 6.45) is 3.50. The molecule has 2 amide bonds. The van der Waals surface area contributed by atoms with E-state index in [9.17, 15) is 9.59 Å². The quantitative estimate of drug-likeness (QED) is 0.787. The van der Waals surface area contributed by atoms with E-state index in [2.05, 4.69) is 24.5 Å². The Hall–Kier alpha value is -1.10. The van der Waals surface area contributed by atoms with E-state index in [1.165, 1.54) is 12.8 Å². The Morgan fingerprint density at radius 2 is 1.70 bits per heavy atom. The van der Waals surface area contributed by atoms with Crippen LogP contribution in [0.2, 0.25) is 0 Å². The first kappa shape index (κ1) is 19.9. The normalized spacial score (nSPS) is 25.3. The molecule has 0 saturated heterocycles. The Morgan fingerprint density at radius 1 is 1.09 bits per heavy atom. The molecule has 3 atom stereocenters. The van der Waals surface area contributed by atoms with Gasteiger partial charge in [-0.15, -0.1) is 0 Å². The standard InChI is InChI=1S/C18H35N3O2/c1-7-21(12-17(23)20-18(4,5)6)11-16(22)19-15-10-8-9-13(2)14(15)3/h13-15H,7-12H2,1-6H3,(H,19,22)(H,20,23)/t13-,14-,15+/m0/s1. The third kappa shape index (κ3) is 7.34. The zero-order valence-corrected chi connectivity index (χ0v) is 15.7. The molecule has 1 aliphatic carbocycles. The highest BCUT2D eigenvalue weighted by atomic mass is 16.2. The smallest absolute Gasteiger partial charge is 0.234 e. The highest BCUT2D eigenvalue weighted by Crippen LogP contribution is 2.29. The predicted molar refractivity (Wildman–Crippen MR) is 94.1 cm³/mol. The van der Waals surface area contributed by atoms with Gasteiger partial charge in [0.25, 0.3) is 0 Å². The van der Waals surface area contributed by atoms with E-state index < -0.39 is 0 Å². The van der Waals surface area contributed by atoms with Crippen molar-refractivity contribution in [2.75, 3.05) is 19.6 Å². The maximum atomic E-state index is 12.3. The Balaban J connectivity index is 2.45. The number of carbonyl (C=O) groups is 2. The monoisotopic (exact) mass is 325 g/mol. The third-order valence-electron chi connectivity index (χ3n) is 4.75. The van der Waals surface area contributed by atoms with Crippen molar-refractivity contribution in [1.82, 2.24) is 15.5 Å². The summed E-state index contributed by atoms with van der Waals surface area (Å²) in [4.78, 5) is 26.2. The lowest BCUT2D eigenvalue weighted by Crippen LogP contribution is -2.50. The summed E-state index contributed by atoms with van der Waals surface area (Å²) < 4.78 is 0. The van der Waals surface area contributed by atoms with Crippen molar-refractivity contribution in [1.29, 1.82) is 0 Å². The Bertz CT molecular complexity index is 404. The van der Waals surface area contributed by atoms with Crippen LogP contribution in [0.15, 0.2) is 0 Å². The van der Waals surface area contributed by atoms with Gasteiger partial charge < -0.3 is 10.6 Å². The van der Waals surface area contributed by atoms with Gasteiger partial charge in [-0.05, 0) is 45.6 Å². The fraction of sp³-hybridized carbons (Fsp3) is 0.889. The molecule has 23 heavy (non-hydrogen) atoms. The number of hydrogen-bond acceptors (Lipinski definition) is 3. The van der Waals surface area contributed by atoms with Crippen LogP contribution in [0.5, 0.6) is 0 Å². The van der Waals surface area contributed by atoms with Crippen LogP contribution in [0.4, 0.5) is 0 Å². The van der Waals surface area contributed by atoms with Crippen LogP contribution >= 0.6 is 0 Å². The minimum Gasteiger partial charge on any atom is -0.352 e. The van der Waals surface area contributed by atoms with Gasteiger partial charge in [0.1, 0.15) is 0 Å². The molecule has 5 nitrogen and oxygen atoms in total. The molecule has 1 fully saturated rings. The molecule has 0 spiro atoms. The number of carbonyl (C=O) groups excluding carboxylic acids is 2. The van der Waals surface area contributed by atoms with Gasteiger partial charge in [0.15, 0.2) is 0 Å². The molecule has 1 aliphatic rings. The van der Waals surface area contributed by atoms with Gasteiger partial charge in [-0.3, -0.25) is 14.5 Å². The molecule has 0 aromatic rings. The molecule has 0 aromatic carbocycles. The predicted octanol–water partition coefficient (Wildman–Crippen LogP) is 2.16. The molecule has 134 valence electrons. The number of hydrogen-bond donors (Lipinski definition) is 2. The first-order valence-electron chi connectivity index (χ1n) is 8.95. The fourth-order valence-electron chi connectivity index (χ4n) is 3.18. The molecule has 2 N–H and O–H groups in total. The SMILES string of the molecule is CCN(CC(=O)N[C@@H]1CCC[C@H](C)[C@@H]1C)CC(=O)NC(C)(C)C. The highest BCUT2D eigenvalue weighted by molar-refractivity contribution is 5.81. The van der Waals surface area contributed by atoms with Gasteiger partial charge in [-0.25, -0.2) is 0 Å². The van der Waals surface area contributed by atoms with Gasteiger partial charge in [-0.1, -0.05) is 33.6 Å². The average Bonchev–Trinajstić information content (AvgIpc) is 2.41. The molecule has 0 heterocycles. The Labute approximate surface area is 141 Å². The minimum absolute atomic E-state index is 0.0290. The van der Waals surface area contributed by atoms with Crippen molar-refractivity contribution in [3.63, 3.8) is 0 Å². The van der Waals surface area contributed by atoms with Crippen molar-refractivity contribution in [2.45, 2.75) is 72.4 Å². The summed E-state index contributed by atoms with van der Waals surface area (Å²) in [7, 11) is 0. The highest BCUT2D eigenvalue weighted by Gasteiger charge is 2.28. The van der Waals surface area contributed by atoms with Gasteiger partial charge >= 0.3 is 0 Å². The van der Waals surface area contributed by atoms with E-state index in [0.29, 0.717) is 18.4 Å². The van der Waals surface area contributed by atoms with Crippen LogP contribution in [0.1, 0.15) is 60.8 Å². The fourth-order valence-corrected chi connectivity index (χ4v) is 3.18. The third-order valence-corrected chi connectivity index (χ3v) is 4.75. The number of amides is 2. The minimum atomic E-state index is -0.244. The molecule has 1 rings (SSSR count). The lowest BCUT2D eigenvalue weighted by atomic mass is 9.78. The zero-order valence-electron chi connectivity index (χ0n) is 15.7. The van der Waals surface area contributed by atoms with Crippen LogP contribution in [-0.2, 0) is 9.59 Å². The molecule has 0 aliphatic heterocycles. The van der Waals surface area contributed by atoms with E-state index in [0.717, 1.165) is 6.42 Å². The summed E-state index contributed by atoms with van der Waals surface area (Å²) in [5.41, 5.74) is -0.244. The number of nitrogens with zero attached hydrogens (tertiary/aromatic N) is 1. The van der Waals surface area contributed by atoms with E-state index in [-0.39, 0.29) is 36.5 Å². The first-order chi connectivity index (χ1) is 10.6. The zero-order chi connectivity index (χ0) is 17.6. The van der Waals surface area contributed by atoms with Crippen molar-refractivity contribution in [3.8, 4) is 0 Å². The van der Waals surface area contributed by atoms with Gasteiger partial charge in [0, 0.05) is 11.6 Å². The lowest BCUT2D eigenvalue weighted by molar-refractivity contribution is -0.126. The molecule has 0 radical (unpaired) electrons. The molecule has 1 saturated carbocycles. The number of rotatable bonds is 6. The van der Waals surface area contributed by atoms with Crippen molar-refractivity contribution < 1.29 is 9.59 Å². The second-order valence-electron chi connectivity index (χ2n) is 8.04. The van der Waals surface area contributed by atoms with E-state index in [4.69, 9.17) is 0 Å². The van der Waals surface area contributed by atoms with Gasteiger partial charge in [0.05, 0.1) is 13.1 Å². The maximum absolute atomic E-state index is 12.3. The summed E-state index contributed by atoms with van der Waals surface area (Å²) in [6, 6.07) is 0.272. The van der Waals surface area contributed by atoms with Crippen LogP contribution in [0.25, 0.3) is 0 Å². The second kappa shape index (κ2) is 8.67. The largest absolute Gasteiger partial charge is 0.352 e. The first-order valence-corrected chi connectivity index (χ1v) is 8.95. The van der Waals surface area contributed by atoms with E-state index >= 15 is 0 Å². The topological polar surface area (TPSA) is 61.4 Å². The van der Waals surface area contributed by atoms with E-state index in [1.807, 2.05) is 32.6 Å². The van der Waals surface area contributed by atoms with Crippen molar-refractivity contribution >= 4 is 11.8 Å². The Morgan fingerprint density at radius 3 is 2.26 bits per heavy atom. The second-order valence-corrected chi connectivity index (χ2v) is 8.04. The summed E-state index contributed by atoms with van der Waals surface area (Å²) >= 11 is 0. The average molecular weight is 325 g/mol. The van der Waals surface area contributed by atoms with Crippen molar-refractivity contribution in [2.24, 2.45) is 11.8 Å². The summed E-state index contributed by atoms with van der Waals surface area (Å²) in [6.45, 7) is 13.6. The van der Waals surface area contributed by atoms with Crippen LogP contribution in [-0.4, -0.2) is 47.9 Å². The Kier molecular flexibility index (Phi) is 7.52. The van der Waals surface area contributed by atoms with Gasteiger partial charge in [0.2, 0.25) is 11.8 Å². The van der Waals surface area contributed by atoms with Crippen LogP contribution in [0.3, 0.4) is 0 Å². The number of nitrogens with one attached hydrogen (secondary N) is 2. The summed E-state index contributed by atoms with van der Waals surface area (Å²) in [5, 5.41) is 6.11. The van der Waals surface area contributed by atoms with Gasteiger partial charge in [-0.2, -0.15) is 0 Å². The van der Waals surface area contributed by atoms with Crippen LogP contribution in [0, 0.1) is 11.8 Å². The molecular weight excluding hydrogens is 290 g/mol. The van der Waals surface area contributed by atoms with Crippen molar-refractivity contribution in [3.05, 3.63) is 0 Å². The molecule has 0 unspecified atom stereocenters. The molecule has 0 aromatic heterocycles. The van der Waals surface area contributed by atoms with E-state index in [1.54, 1.807) is 0 Å². The van der Waals surface area contributed by atoms with Crippen LogP contribution < -0.4 is 10.6 Å². The summed E-state index contributed by atoms with van der Waals surface area (Å²) in [5.74, 6) is 1.18. The number of likely N-dealkylation sites (N-methyl/N-ethyl adjacent to an activating group) is 1. The lowest BCUT2D eigenvalue weighted by Gasteiger charge is -2.35. The molecular formula is C18H35N3O2. The maximum Gasteiger partial charge on any atom is 0.234 e. The molecule has 0 bridgehead atoms.